The van der Waals surface area contributed by atoms with Gasteiger partial charge in [-0.2, -0.15) is 0 Å². The molecule has 1 N–H and O–H groups in total. The molecule has 0 bridgehead atoms. The van der Waals surface area contributed by atoms with E-state index in [1.807, 2.05) is 0 Å². The molecule has 0 saturated carbocycles. The van der Waals surface area contributed by atoms with Crippen LogP contribution in [0.3, 0.4) is 0 Å². The molecule has 0 spiro atoms. The Labute approximate surface area is 124 Å². The highest BCUT2D eigenvalue weighted by molar-refractivity contribution is 6.54. The predicted octanol–water partition coefficient (Wildman–Crippen LogP) is 4.37. The van der Waals surface area contributed by atoms with E-state index in [1.165, 1.54) is 18.2 Å². The Morgan fingerprint density at radius 1 is 1.10 bits per heavy atom. The van der Waals surface area contributed by atoms with Gasteiger partial charge in [0.05, 0.1) is 0 Å². The molecule has 2 rings (SSSR count). The maximum atomic E-state index is 13.7. The molecule has 2 aromatic rings. The van der Waals surface area contributed by atoms with Crippen molar-refractivity contribution in [3.8, 4) is 11.1 Å². The predicted molar refractivity (Wildman–Crippen MR) is 75.9 cm³/mol. The molecule has 0 heterocycles. The first-order valence-electron chi connectivity index (χ1n) is 5.62. The Kier molecular flexibility index (Phi) is 4.57. The van der Waals surface area contributed by atoms with Gasteiger partial charge in [0.15, 0.2) is 16.5 Å². The van der Waals surface area contributed by atoms with E-state index in [2.05, 4.69) is 5.32 Å². The van der Waals surface area contributed by atoms with Gasteiger partial charge in [-0.05, 0) is 23.8 Å². The van der Waals surface area contributed by atoms with Crippen LogP contribution in [0, 0.1) is 11.6 Å². The second kappa shape index (κ2) is 6.20. The monoisotopic (exact) mass is 315 g/mol. The van der Waals surface area contributed by atoms with E-state index in [1.54, 1.807) is 18.2 Å². The molecule has 20 heavy (non-hydrogen) atoms. The van der Waals surface area contributed by atoms with Crippen molar-refractivity contribution >= 4 is 34.8 Å². The Balaban J connectivity index is 2.35. The number of carbonyl (C=O) groups is 1. The number of nitrogens with one attached hydrogen (secondary N) is 1. The first kappa shape index (κ1) is 14.8. The average molecular weight is 316 g/mol. The van der Waals surface area contributed by atoms with Crippen LogP contribution < -0.4 is 5.32 Å². The summed E-state index contributed by atoms with van der Waals surface area (Å²) in [6.45, 7) is 0. The number of alkyl halides is 2. The summed E-state index contributed by atoms with van der Waals surface area (Å²) in [4.78, 5) is 10.2. The van der Waals surface area contributed by atoms with Crippen LogP contribution in [0.25, 0.3) is 11.1 Å². The van der Waals surface area contributed by atoms with E-state index in [4.69, 9.17) is 23.2 Å². The lowest BCUT2D eigenvalue weighted by molar-refractivity contribution is -0.114. The lowest BCUT2D eigenvalue weighted by Crippen LogP contribution is -2.18. The first-order chi connectivity index (χ1) is 9.49. The van der Waals surface area contributed by atoms with Gasteiger partial charge in [-0.1, -0.05) is 47.5 Å². The molecular formula is C14H9Cl2F2NO. The Hall–Kier alpha value is -1.65. The molecular weight excluding hydrogens is 307 g/mol. The number of rotatable bonds is 3. The highest BCUT2D eigenvalue weighted by Gasteiger charge is 2.13. The molecule has 2 nitrogen and oxygen atoms in total. The number of benzene rings is 2. The van der Waals surface area contributed by atoms with Gasteiger partial charge in [0.1, 0.15) is 0 Å². The van der Waals surface area contributed by atoms with Gasteiger partial charge in [-0.3, -0.25) is 4.79 Å². The summed E-state index contributed by atoms with van der Waals surface area (Å²) in [7, 11) is 0. The summed E-state index contributed by atoms with van der Waals surface area (Å²) in [5.74, 6) is -2.47. The maximum Gasteiger partial charge on any atom is 0.257 e. The Morgan fingerprint density at radius 3 is 2.50 bits per heavy atom. The summed E-state index contributed by atoms with van der Waals surface area (Å²) < 4.78 is 26.9. The third-order valence-electron chi connectivity index (χ3n) is 2.59. The molecule has 0 aliphatic heterocycles. The van der Waals surface area contributed by atoms with Crippen molar-refractivity contribution in [2.24, 2.45) is 0 Å². The fourth-order valence-electron chi connectivity index (χ4n) is 1.69. The van der Waals surface area contributed by atoms with Crippen LogP contribution >= 0.6 is 23.2 Å². The number of carbonyl (C=O) groups excluding carboxylic acids is 1. The summed E-state index contributed by atoms with van der Waals surface area (Å²) in [5.41, 5.74) is 0.928. The van der Waals surface area contributed by atoms with E-state index in [0.29, 0.717) is 11.3 Å². The van der Waals surface area contributed by atoms with Crippen molar-refractivity contribution < 1.29 is 13.6 Å². The Bertz CT molecular complexity index is 647. The molecule has 0 aromatic heterocycles. The van der Waals surface area contributed by atoms with Crippen LogP contribution in [0.5, 0.6) is 0 Å². The number of halogens is 4. The minimum Gasteiger partial charge on any atom is -0.324 e. The quantitative estimate of drug-likeness (QED) is 0.837. The molecule has 0 fully saturated rings. The second-order valence-corrected chi connectivity index (χ2v) is 5.07. The summed E-state index contributed by atoms with van der Waals surface area (Å²) in [6, 6.07) is 10.2. The van der Waals surface area contributed by atoms with Crippen LogP contribution in [-0.4, -0.2) is 10.7 Å². The van der Waals surface area contributed by atoms with Crippen molar-refractivity contribution in [2.45, 2.75) is 4.84 Å². The SMILES string of the molecule is O=C(Nc1cccc(-c2cccc(F)c2F)c1)C(Cl)Cl. The highest BCUT2D eigenvalue weighted by atomic mass is 35.5. The number of amides is 1. The van der Waals surface area contributed by atoms with Crippen molar-refractivity contribution in [2.75, 3.05) is 5.32 Å². The molecule has 0 aliphatic rings. The third kappa shape index (κ3) is 3.26. The van der Waals surface area contributed by atoms with Crippen molar-refractivity contribution in [3.05, 3.63) is 54.1 Å². The lowest BCUT2D eigenvalue weighted by Gasteiger charge is -2.09. The standard InChI is InChI=1S/C14H9Cl2F2NO/c15-13(16)14(20)19-9-4-1-3-8(7-9)10-5-2-6-11(17)12(10)18/h1-7,13H,(H,19,20). The lowest BCUT2D eigenvalue weighted by atomic mass is 10.0. The number of hydrogen-bond donors (Lipinski definition) is 1. The van der Waals surface area contributed by atoms with E-state index >= 15 is 0 Å². The zero-order chi connectivity index (χ0) is 14.7. The van der Waals surface area contributed by atoms with Gasteiger partial charge in [0.2, 0.25) is 0 Å². The van der Waals surface area contributed by atoms with Crippen molar-refractivity contribution in [3.63, 3.8) is 0 Å². The van der Waals surface area contributed by atoms with E-state index in [0.717, 1.165) is 6.07 Å². The molecule has 104 valence electrons. The summed E-state index contributed by atoms with van der Waals surface area (Å²) in [5, 5.41) is 2.47. The van der Waals surface area contributed by atoms with Gasteiger partial charge in [0, 0.05) is 11.3 Å². The minimum absolute atomic E-state index is 0.106. The molecule has 0 aliphatic carbocycles. The first-order valence-corrected chi connectivity index (χ1v) is 6.50. The molecule has 0 radical (unpaired) electrons. The fraction of sp³-hybridized carbons (Fsp3) is 0.0714. The number of anilines is 1. The maximum absolute atomic E-state index is 13.7. The van der Waals surface area contributed by atoms with Crippen molar-refractivity contribution in [1.82, 2.24) is 0 Å². The number of hydrogen-bond acceptors (Lipinski definition) is 1. The van der Waals surface area contributed by atoms with Crippen LogP contribution in [-0.2, 0) is 4.79 Å². The molecule has 6 heteroatoms. The van der Waals surface area contributed by atoms with E-state index in [-0.39, 0.29) is 5.56 Å². The van der Waals surface area contributed by atoms with Crippen molar-refractivity contribution in [1.29, 1.82) is 0 Å². The van der Waals surface area contributed by atoms with Crippen LogP contribution in [0.4, 0.5) is 14.5 Å². The second-order valence-electron chi connectivity index (χ2n) is 3.97. The largest absolute Gasteiger partial charge is 0.324 e. The van der Waals surface area contributed by atoms with Crippen LogP contribution in [0.1, 0.15) is 0 Å². The average Bonchev–Trinajstić information content (AvgIpc) is 2.42. The van der Waals surface area contributed by atoms with Gasteiger partial charge >= 0.3 is 0 Å². The normalized spacial score (nSPS) is 10.7. The molecule has 2 aromatic carbocycles. The van der Waals surface area contributed by atoms with E-state index < -0.39 is 22.4 Å². The van der Waals surface area contributed by atoms with Crippen LogP contribution in [0.15, 0.2) is 42.5 Å². The summed E-state index contributed by atoms with van der Waals surface area (Å²) in [6.07, 6.45) is 0. The van der Waals surface area contributed by atoms with Crippen LogP contribution in [0.2, 0.25) is 0 Å². The van der Waals surface area contributed by atoms with Gasteiger partial charge in [-0.25, -0.2) is 8.78 Å². The molecule has 1 amide bonds. The van der Waals surface area contributed by atoms with E-state index in [9.17, 15) is 13.6 Å². The smallest absolute Gasteiger partial charge is 0.257 e. The van der Waals surface area contributed by atoms with Gasteiger partial charge in [0.25, 0.3) is 5.91 Å². The molecule has 0 unspecified atom stereocenters. The summed E-state index contributed by atoms with van der Waals surface area (Å²) >= 11 is 10.8. The Morgan fingerprint density at radius 2 is 1.80 bits per heavy atom. The highest BCUT2D eigenvalue weighted by Crippen LogP contribution is 2.26. The topological polar surface area (TPSA) is 29.1 Å². The fourth-order valence-corrected chi connectivity index (χ4v) is 1.80. The third-order valence-corrected chi connectivity index (χ3v) is 2.99. The minimum atomic E-state index is -1.20. The molecule has 0 atom stereocenters. The zero-order valence-corrected chi connectivity index (χ0v) is 11.6. The zero-order valence-electron chi connectivity index (χ0n) is 10.0. The van der Waals surface area contributed by atoms with Gasteiger partial charge < -0.3 is 5.32 Å². The molecule has 0 saturated heterocycles. The van der Waals surface area contributed by atoms with Gasteiger partial charge in [-0.15, -0.1) is 0 Å².